The zero-order chi connectivity index (χ0) is 15.6. The van der Waals surface area contributed by atoms with Crippen molar-refractivity contribution in [2.45, 2.75) is 24.9 Å². The predicted molar refractivity (Wildman–Crippen MR) is 54.3 cm³/mol. The van der Waals surface area contributed by atoms with E-state index in [-0.39, 0.29) is 0 Å². The number of anilines is 1. The first kappa shape index (κ1) is 16.0. The first-order valence-electron chi connectivity index (χ1n) is 4.97. The zero-order valence-corrected chi connectivity index (χ0v) is 9.80. The van der Waals surface area contributed by atoms with Gasteiger partial charge < -0.3 is 10.6 Å². The molecule has 5 nitrogen and oxygen atoms in total. The van der Waals surface area contributed by atoms with Gasteiger partial charge in [-0.1, -0.05) is 0 Å². The maximum atomic E-state index is 12.9. The average molecular weight is 302 g/mol. The highest BCUT2D eigenvalue weighted by Gasteiger charge is 2.72. The Labute approximate surface area is 108 Å². The van der Waals surface area contributed by atoms with Crippen molar-refractivity contribution in [3.63, 3.8) is 0 Å². The molecule has 0 unspecified atom stereocenters. The molecule has 1 heterocycles. The van der Waals surface area contributed by atoms with Gasteiger partial charge in [0.2, 0.25) is 11.9 Å². The van der Waals surface area contributed by atoms with Gasteiger partial charge in [0.05, 0.1) is 0 Å². The first-order chi connectivity index (χ1) is 8.99. The Bertz CT molecular complexity index is 458. The van der Waals surface area contributed by atoms with Gasteiger partial charge in [0.15, 0.2) is 0 Å². The minimum Gasteiger partial charge on any atom is -0.318 e. The molecule has 0 atom stereocenters. The summed E-state index contributed by atoms with van der Waals surface area (Å²) in [6, 6.07) is 1.20. The number of alkyl halides is 6. The molecule has 0 aliphatic carbocycles. The van der Waals surface area contributed by atoms with E-state index in [2.05, 4.69) is 9.97 Å². The third kappa shape index (κ3) is 3.08. The van der Waals surface area contributed by atoms with Crippen LogP contribution in [-0.2, 0) is 4.79 Å². The first-order valence-corrected chi connectivity index (χ1v) is 4.97. The van der Waals surface area contributed by atoms with Crippen LogP contribution in [0, 0.1) is 0 Å². The summed E-state index contributed by atoms with van der Waals surface area (Å²) in [7, 11) is 0. The fourth-order valence-electron chi connectivity index (χ4n) is 1.27. The van der Waals surface area contributed by atoms with E-state index in [4.69, 9.17) is 0 Å². The van der Waals surface area contributed by atoms with Crippen LogP contribution in [0.15, 0.2) is 18.5 Å². The van der Waals surface area contributed by atoms with Crippen molar-refractivity contribution in [1.82, 2.24) is 15.3 Å². The summed E-state index contributed by atoms with van der Waals surface area (Å²) in [6.45, 7) is 0.528. The molecule has 0 saturated heterocycles. The molecule has 20 heavy (non-hydrogen) atoms. The fraction of sp³-hybridized carbons (Fsp3) is 0.444. The summed E-state index contributed by atoms with van der Waals surface area (Å²) in [5, 5.41) is 1.94. The second kappa shape index (κ2) is 5.13. The molecule has 1 rings (SSSR count). The molecule has 11 heteroatoms. The van der Waals surface area contributed by atoms with Crippen LogP contribution in [0.4, 0.5) is 32.3 Å². The number of hydrogen-bond acceptors (Lipinski definition) is 4. The second-order valence-electron chi connectivity index (χ2n) is 3.62. The highest BCUT2D eigenvalue weighted by Crippen LogP contribution is 2.42. The lowest BCUT2D eigenvalue weighted by Gasteiger charge is -2.37. The van der Waals surface area contributed by atoms with Crippen LogP contribution >= 0.6 is 0 Å². The minimum absolute atomic E-state index is 0.528. The summed E-state index contributed by atoms with van der Waals surface area (Å²) >= 11 is 0. The largest absolute Gasteiger partial charge is 0.439 e. The number of amides is 1. The van der Waals surface area contributed by atoms with Crippen LogP contribution in [0.25, 0.3) is 0 Å². The molecule has 0 spiro atoms. The van der Waals surface area contributed by atoms with Crippen LogP contribution < -0.4 is 10.6 Å². The average Bonchev–Trinajstić information content (AvgIpc) is 2.25. The molecule has 1 aromatic heterocycles. The third-order valence-electron chi connectivity index (χ3n) is 2.08. The molecule has 0 aromatic carbocycles. The third-order valence-corrected chi connectivity index (χ3v) is 2.08. The summed E-state index contributed by atoms with van der Waals surface area (Å²) in [5.41, 5.74) is -4.67. The van der Waals surface area contributed by atoms with Crippen molar-refractivity contribution in [3.8, 4) is 0 Å². The number of rotatable bonds is 3. The molecule has 2 N–H and O–H groups in total. The smallest absolute Gasteiger partial charge is 0.318 e. The van der Waals surface area contributed by atoms with E-state index >= 15 is 0 Å². The van der Waals surface area contributed by atoms with Crippen LogP contribution in [0.1, 0.15) is 6.92 Å². The molecule has 112 valence electrons. The minimum atomic E-state index is -5.86. The fourth-order valence-corrected chi connectivity index (χ4v) is 1.27. The van der Waals surface area contributed by atoms with Gasteiger partial charge >= 0.3 is 18.0 Å². The quantitative estimate of drug-likeness (QED) is 0.660. The van der Waals surface area contributed by atoms with Gasteiger partial charge in [0.25, 0.3) is 0 Å². The number of carbonyl (C=O) groups is 1. The monoisotopic (exact) mass is 302 g/mol. The molecule has 0 aliphatic rings. The molecule has 0 bridgehead atoms. The molecular formula is C9H8F6N4O. The van der Waals surface area contributed by atoms with Gasteiger partial charge in [-0.3, -0.25) is 4.79 Å². The van der Waals surface area contributed by atoms with Crippen molar-refractivity contribution >= 4 is 11.9 Å². The lowest BCUT2D eigenvalue weighted by atomic mass is 10.1. The molecule has 1 aromatic rings. The number of nitrogens with one attached hydrogen (secondary N) is 2. The second-order valence-corrected chi connectivity index (χ2v) is 3.62. The lowest BCUT2D eigenvalue weighted by Crippen LogP contribution is -2.72. The van der Waals surface area contributed by atoms with E-state index < -0.39 is 29.9 Å². The molecule has 0 fully saturated rings. The normalized spacial score (nSPS) is 12.9. The van der Waals surface area contributed by atoms with Crippen LogP contribution in [0.3, 0.4) is 0 Å². The van der Waals surface area contributed by atoms with Crippen LogP contribution in [0.2, 0.25) is 0 Å². The van der Waals surface area contributed by atoms with Gasteiger partial charge in [0.1, 0.15) is 0 Å². The number of aromatic nitrogens is 2. The van der Waals surface area contributed by atoms with Crippen molar-refractivity contribution in [2.24, 2.45) is 0 Å². The molecule has 1 amide bonds. The Balaban J connectivity index is 3.34. The van der Waals surface area contributed by atoms with Crippen molar-refractivity contribution in [2.75, 3.05) is 5.32 Å². The predicted octanol–water partition coefficient (Wildman–Crippen LogP) is 1.85. The summed E-state index contributed by atoms with van der Waals surface area (Å²) < 4.78 is 77.2. The van der Waals surface area contributed by atoms with Gasteiger partial charge in [-0.15, -0.1) is 0 Å². The number of carbonyl (C=O) groups excluding carboxylic acids is 1. The topological polar surface area (TPSA) is 66.9 Å². The SMILES string of the molecule is CC(=O)NC(Nc1ncccn1)(C(F)(F)F)C(F)(F)F. The number of hydrogen-bond donors (Lipinski definition) is 2. The van der Waals surface area contributed by atoms with Crippen molar-refractivity contribution in [1.29, 1.82) is 0 Å². The van der Waals surface area contributed by atoms with Crippen LogP contribution in [-0.4, -0.2) is 33.9 Å². The van der Waals surface area contributed by atoms with Crippen LogP contribution in [0.5, 0.6) is 0 Å². The molecular weight excluding hydrogens is 294 g/mol. The standard InChI is InChI=1S/C9H8F6N4O/c1-5(20)18-7(8(10,11)12,9(13,14)15)19-6-16-3-2-4-17-6/h2-4H,1H3,(H,18,20)(H,16,17,19). The van der Waals surface area contributed by atoms with Crippen molar-refractivity contribution < 1.29 is 31.1 Å². The molecule has 0 saturated carbocycles. The summed E-state index contributed by atoms with van der Waals surface area (Å²) in [6.07, 6.45) is -9.84. The number of nitrogens with zero attached hydrogens (tertiary/aromatic N) is 2. The highest BCUT2D eigenvalue weighted by atomic mass is 19.4. The Morgan fingerprint density at radius 2 is 1.50 bits per heavy atom. The Morgan fingerprint density at radius 3 is 1.85 bits per heavy atom. The molecule has 0 radical (unpaired) electrons. The lowest BCUT2D eigenvalue weighted by molar-refractivity contribution is -0.296. The van der Waals surface area contributed by atoms with E-state index in [0.29, 0.717) is 6.92 Å². The molecule has 0 aliphatic heterocycles. The van der Waals surface area contributed by atoms with Crippen molar-refractivity contribution in [3.05, 3.63) is 18.5 Å². The maximum Gasteiger partial charge on any atom is 0.439 e. The summed E-state index contributed by atoms with van der Waals surface area (Å²) in [4.78, 5) is 17.2. The van der Waals surface area contributed by atoms with E-state index in [1.807, 2.05) is 0 Å². The maximum absolute atomic E-state index is 12.9. The Kier molecular flexibility index (Phi) is 4.10. The highest BCUT2D eigenvalue weighted by molar-refractivity contribution is 5.74. The van der Waals surface area contributed by atoms with E-state index in [0.717, 1.165) is 23.0 Å². The summed E-state index contributed by atoms with van der Waals surface area (Å²) in [5.74, 6) is -2.46. The van der Waals surface area contributed by atoms with E-state index in [1.165, 1.54) is 6.07 Å². The van der Waals surface area contributed by atoms with Gasteiger partial charge in [-0.05, 0) is 6.07 Å². The van der Waals surface area contributed by atoms with E-state index in [9.17, 15) is 31.1 Å². The van der Waals surface area contributed by atoms with Gasteiger partial charge in [0, 0.05) is 19.3 Å². The zero-order valence-electron chi connectivity index (χ0n) is 9.80. The van der Waals surface area contributed by atoms with Gasteiger partial charge in [-0.2, -0.15) is 26.3 Å². The number of halogens is 6. The van der Waals surface area contributed by atoms with Gasteiger partial charge in [-0.25, -0.2) is 9.97 Å². The Morgan fingerprint density at radius 1 is 1.05 bits per heavy atom. The Hall–Kier alpha value is -2.07. The van der Waals surface area contributed by atoms with E-state index in [1.54, 1.807) is 0 Å².